The average Bonchev–Trinajstić information content (AvgIpc) is 2.47. The Kier molecular flexibility index (Phi) is 3.25. The van der Waals surface area contributed by atoms with Gasteiger partial charge in [-0.25, -0.2) is 0 Å². The number of amides is 1. The highest BCUT2D eigenvalue weighted by Gasteiger charge is 2.09. The van der Waals surface area contributed by atoms with E-state index in [1.54, 1.807) is 17.8 Å². The number of halogens is 1. The lowest BCUT2D eigenvalue weighted by Gasteiger charge is -2.04. The van der Waals surface area contributed by atoms with Gasteiger partial charge in [-0.3, -0.25) is 4.79 Å². The van der Waals surface area contributed by atoms with Gasteiger partial charge in [0.05, 0.1) is 6.54 Å². The maximum atomic E-state index is 11.0. The second-order valence-electron chi connectivity index (χ2n) is 2.69. The normalized spacial score (nSPS) is 12.5. The number of hydrogen-bond acceptors (Lipinski definition) is 3. The third-order valence-electron chi connectivity index (χ3n) is 1.59. The Morgan fingerprint density at radius 3 is 3.00 bits per heavy atom. The third kappa shape index (κ3) is 2.69. The highest BCUT2D eigenvalue weighted by atomic mass is 35.5. The fourth-order valence-electron chi connectivity index (χ4n) is 0.774. The van der Waals surface area contributed by atoms with Gasteiger partial charge in [-0.2, -0.15) is 0 Å². The first-order chi connectivity index (χ1) is 6.11. The molecular formula is C7H11ClN4O. The first-order valence-electron chi connectivity index (χ1n) is 3.86. The smallest absolute Gasteiger partial charge is 0.238 e. The Balaban J connectivity index is 2.44. The van der Waals surface area contributed by atoms with Crippen molar-refractivity contribution < 1.29 is 4.79 Å². The van der Waals surface area contributed by atoms with Gasteiger partial charge in [0.2, 0.25) is 5.91 Å². The molecule has 1 atom stereocenters. The molecule has 1 N–H and O–H groups in total. The van der Waals surface area contributed by atoms with Crippen LogP contribution in [0.25, 0.3) is 0 Å². The lowest BCUT2D eigenvalue weighted by atomic mass is 10.4. The van der Waals surface area contributed by atoms with Crippen LogP contribution in [-0.4, -0.2) is 26.0 Å². The van der Waals surface area contributed by atoms with E-state index in [1.807, 2.05) is 7.05 Å². The summed E-state index contributed by atoms with van der Waals surface area (Å²) in [6.45, 7) is 1.97. The van der Waals surface area contributed by atoms with Gasteiger partial charge in [-0.1, -0.05) is 0 Å². The minimum absolute atomic E-state index is 0.204. The molecule has 0 radical (unpaired) electrons. The lowest BCUT2D eigenvalue weighted by molar-refractivity contribution is -0.120. The van der Waals surface area contributed by atoms with Crippen molar-refractivity contribution in [3.05, 3.63) is 12.2 Å². The van der Waals surface area contributed by atoms with E-state index in [2.05, 4.69) is 15.5 Å². The van der Waals surface area contributed by atoms with Gasteiger partial charge >= 0.3 is 0 Å². The van der Waals surface area contributed by atoms with Crippen molar-refractivity contribution in [2.45, 2.75) is 18.8 Å². The molecule has 0 aromatic carbocycles. The predicted molar refractivity (Wildman–Crippen MR) is 48.2 cm³/mol. The molecule has 0 aliphatic rings. The molecule has 1 heterocycles. The number of nitrogens with one attached hydrogen (secondary N) is 1. The summed E-state index contributed by atoms with van der Waals surface area (Å²) < 4.78 is 1.74. The van der Waals surface area contributed by atoms with Gasteiger partial charge in [-0.15, -0.1) is 21.8 Å². The number of carbonyl (C=O) groups is 1. The minimum atomic E-state index is -0.520. The van der Waals surface area contributed by atoms with Crippen LogP contribution in [0.2, 0.25) is 0 Å². The Hall–Kier alpha value is -1.10. The topological polar surface area (TPSA) is 59.8 Å². The van der Waals surface area contributed by atoms with Gasteiger partial charge in [-0.05, 0) is 6.92 Å². The van der Waals surface area contributed by atoms with Crippen LogP contribution in [0.1, 0.15) is 12.7 Å². The molecule has 0 aliphatic heterocycles. The summed E-state index contributed by atoms with van der Waals surface area (Å²) in [5.41, 5.74) is 0. The Morgan fingerprint density at radius 2 is 2.54 bits per heavy atom. The van der Waals surface area contributed by atoms with E-state index in [-0.39, 0.29) is 5.91 Å². The molecule has 1 unspecified atom stereocenters. The van der Waals surface area contributed by atoms with Crippen molar-refractivity contribution in [3.8, 4) is 0 Å². The van der Waals surface area contributed by atoms with Crippen molar-refractivity contribution in [3.63, 3.8) is 0 Å². The summed E-state index contributed by atoms with van der Waals surface area (Å²) in [5.74, 6) is 0.496. The summed E-state index contributed by atoms with van der Waals surface area (Å²) in [6, 6.07) is 0. The molecule has 72 valence electrons. The molecule has 0 bridgehead atoms. The maximum Gasteiger partial charge on any atom is 0.238 e. The number of rotatable bonds is 3. The van der Waals surface area contributed by atoms with E-state index in [1.165, 1.54) is 0 Å². The van der Waals surface area contributed by atoms with E-state index in [0.29, 0.717) is 12.4 Å². The summed E-state index contributed by atoms with van der Waals surface area (Å²) in [5, 5.41) is 9.59. The predicted octanol–water partition coefficient (Wildman–Crippen LogP) is 0.0586. The standard InChI is InChI=1S/C7H11ClN4O/c1-5(8)7(13)9-3-6-11-10-4-12(6)2/h4-5H,3H2,1-2H3,(H,9,13). The summed E-state index contributed by atoms with van der Waals surface area (Å²) in [7, 11) is 1.81. The molecule has 0 fully saturated rings. The molecule has 6 heteroatoms. The van der Waals surface area contributed by atoms with E-state index in [9.17, 15) is 4.79 Å². The molecule has 1 rings (SSSR count). The second kappa shape index (κ2) is 4.23. The molecule has 5 nitrogen and oxygen atoms in total. The van der Waals surface area contributed by atoms with Crippen molar-refractivity contribution in [1.82, 2.24) is 20.1 Å². The number of carbonyl (C=O) groups excluding carboxylic acids is 1. The lowest BCUT2D eigenvalue weighted by Crippen LogP contribution is -2.30. The Bertz CT molecular complexity index is 296. The van der Waals surface area contributed by atoms with Crippen LogP contribution in [0.4, 0.5) is 0 Å². The fourth-order valence-corrected chi connectivity index (χ4v) is 0.851. The number of hydrogen-bond donors (Lipinski definition) is 1. The van der Waals surface area contributed by atoms with Crippen LogP contribution in [0.3, 0.4) is 0 Å². The Labute approximate surface area is 81.1 Å². The largest absolute Gasteiger partial charge is 0.348 e. The van der Waals surface area contributed by atoms with E-state index in [4.69, 9.17) is 11.6 Å². The Morgan fingerprint density at radius 1 is 1.85 bits per heavy atom. The number of nitrogens with zero attached hydrogens (tertiary/aromatic N) is 3. The average molecular weight is 203 g/mol. The zero-order valence-corrected chi connectivity index (χ0v) is 8.25. The maximum absolute atomic E-state index is 11.0. The zero-order chi connectivity index (χ0) is 9.84. The third-order valence-corrected chi connectivity index (χ3v) is 1.79. The van der Waals surface area contributed by atoms with Gasteiger partial charge in [0.15, 0.2) is 5.82 Å². The fraction of sp³-hybridized carbons (Fsp3) is 0.571. The van der Waals surface area contributed by atoms with Gasteiger partial charge < -0.3 is 9.88 Å². The van der Waals surface area contributed by atoms with Crippen molar-refractivity contribution in [2.24, 2.45) is 7.05 Å². The molecule has 0 spiro atoms. The number of alkyl halides is 1. The summed E-state index contributed by atoms with van der Waals surface area (Å²) in [6.07, 6.45) is 1.58. The molecule has 13 heavy (non-hydrogen) atoms. The SMILES string of the molecule is CC(Cl)C(=O)NCc1nncn1C. The zero-order valence-electron chi connectivity index (χ0n) is 7.49. The van der Waals surface area contributed by atoms with Crippen LogP contribution in [0, 0.1) is 0 Å². The second-order valence-corrected chi connectivity index (χ2v) is 3.35. The van der Waals surface area contributed by atoms with Crippen molar-refractivity contribution in [1.29, 1.82) is 0 Å². The molecule has 0 saturated carbocycles. The summed E-state index contributed by atoms with van der Waals surface area (Å²) in [4.78, 5) is 11.0. The van der Waals surface area contributed by atoms with E-state index in [0.717, 1.165) is 0 Å². The van der Waals surface area contributed by atoms with E-state index >= 15 is 0 Å². The molecule has 1 amide bonds. The molecular weight excluding hydrogens is 192 g/mol. The van der Waals surface area contributed by atoms with E-state index < -0.39 is 5.38 Å². The molecule has 0 aliphatic carbocycles. The number of aromatic nitrogens is 3. The van der Waals surface area contributed by atoms with Crippen LogP contribution >= 0.6 is 11.6 Å². The van der Waals surface area contributed by atoms with Gasteiger partial charge in [0.1, 0.15) is 11.7 Å². The molecule has 1 aromatic rings. The van der Waals surface area contributed by atoms with Crippen LogP contribution in [0.15, 0.2) is 6.33 Å². The minimum Gasteiger partial charge on any atom is -0.348 e. The molecule has 1 aromatic heterocycles. The van der Waals surface area contributed by atoms with Crippen molar-refractivity contribution in [2.75, 3.05) is 0 Å². The highest BCUT2D eigenvalue weighted by Crippen LogP contribution is 1.95. The number of aryl methyl sites for hydroxylation is 1. The van der Waals surface area contributed by atoms with Crippen LogP contribution < -0.4 is 5.32 Å². The van der Waals surface area contributed by atoms with Crippen LogP contribution in [0.5, 0.6) is 0 Å². The monoisotopic (exact) mass is 202 g/mol. The highest BCUT2D eigenvalue weighted by molar-refractivity contribution is 6.30. The van der Waals surface area contributed by atoms with Gasteiger partial charge in [0, 0.05) is 7.05 Å². The quantitative estimate of drug-likeness (QED) is 0.706. The van der Waals surface area contributed by atoms with Crippen LogP contribution in [-0.2, 0) is 18.4 Å². The van der Waals surface area contributed by atoms with Gasteiger partial charge in [0.25, 0.3) is 0 Å². The first kappa shape index (κ1) is 9.98. The molecule has 0 saturated heterocycles. The van der Waals surface area contributed by atoms with Crippen molar-refractivity contribution >= 4 is 17.5 Å². The first-order valence-corrected chi connectivity index (χ1v) is 4.29. The summed E-state index contributed by atoms with van der Waals surface area (Å²) >= 11 is 5.55.